The van der Waals surface area contributed by atoms with Gasteiger partial charge in [-0.15, -0.1) is 0 Å². The Kier molecular flexibility index (Phi) is 14.2. The lowest BCUT2D eigenvalue weighted by molar-refractivity contribution is -0.683. The van der Waals surface area contributed by atoms with Crippen molar-refractivity contribution in [3.05, 3.63) is 73.1 Å². The van der Waals surface area contributed by atoms with E-state index in [0.29, 0.717) is 0 Å². The molecule has 47 heavy (non-hydrogen) atoms. The molecule has 0 saturated heterocycles. The summed E-state index contributed by atoms with van der Waals surface area (Å²) < 4.78 is 99.4. The van der Waals surface area contributed by atoms with Gasteiger partial charge in [-0.1, -0.05) is 24.3 Å². The van der Waals surface area contributed by atoms with Crippen molar-refractivity contribution in [3.8, 4) is 0 Å². The zero-order valence-electron chi connectivity index (χ0n) is 23.7. The molecule has 10 nitrogen and oxygen atoms in total. The van der Waals surface area contributed by atoms with Gasteiger partial charge in [-0.3, -0.25) is 0 Å². The van der Waals surface area contributed by atoms with Crippen LogP contribution in [0.3, 0.4) is 0 Å². The number of halogens is 9. The van der Waals surface area contributed by atoms with Gasteiger partial charge >= 0.3 is 24.5 Å². The third-order valence-corrected chi connectivity index (χ3v) is 5.67. The van der Waals surface area contributed by atoms with Crippen molar-refractivity contribution in [1.82, 2.24) is 0 Å². The van der Waals surface area contributed by atoms with Crippen LogP contribution in [0.25, 0.3) is 21.8 Å². The van der Waals surface area contributed by atoms with E-state index in [1.165, 1.54) is 11.0 Å². The van der Waals surface area contributed by atoms with E-state index in [1.807, 2.05) is 24.3 Å². The molecule has 0 bridgehead atoms. The molecule has 0 radical (unpaired) electrons. The average molecular weight is 685 g/mol. The van der Waals surface area contributed by atoms with Gasteiger partial charge < -0.3 is 36.4 Å². The Hall–Kier alpha value is -5.36. The number of carbonyl (C=O) groups excluding carboxylic acids is 2. The van der Waals surface area contributed by atoms with Crippen LogP contribution in [-0.4, -0.2) is 41.5 Å². The van der Waals surface area contributed by atoms with Gasteiger partial charge in [-0.05, 0) is 12.1 Å². The summed E-state index contributed by atoms with van der Waals surface area (Å²) in [7, 11) is 0. The zero-order chi connectivity index (χ0) is 36.2. The second-order valence-corrected chi connectivity index (χ2v) is 9.04. The molecule has 5 N–H and O–H groups in total. The number of rotatable bonds is 5. The number of unbranched alkanes of at least 4 members (excludes halogenated alkanes) is 1. The minimum Gasteiger partial charge on any atom is -0.542 e. The summed E-state index contributed by atoms with van der Waals surface area (Å²) in [6.45, 7) is 1.96. The van der Waals surface area contributed by atoms with Gasteiger partial charge in [0.25, 0.3) is 0 Å². The van der Waals surface area contributed by atoms with Crippen LogP contribution in [0, 0.1) is 0 Å². The van der Waals surface area contributed by atoms with Crippen LogP contribution in [-0.2, 0) is 27.5 Å². The monoisotopic (exact) mass is 684 g/mol. The smallest absolute Gasteiger partial charge is 0.490 e. The van der Waals surface area contributed by atoms with Gasteiger partial charge in [-0.25, -0.2) is 4.79 Å². The Balaban J connectivity index is 0.000000430. The number of hydrogen-bond donors (Lipinski definition) is 3. The first-order valence-electron chi connectivity index (χ1n) is 12.8. The van der Waals surface area contributed by atoms with E-state index in [2.05, 4.69) is 57.9 Å². The summed E-state index contributed by atoms with van der Waals surface area (Å²) in [4.78, 5) is 26.5. The highest BCUT2D eigenvalue weighted by atomic mass is 19.4. The summed E-state index contributed by atoms with van der Waals surface area (Å²) in [5, 5.41) is 26.9. The van der Waals surface area contributed by atoms with Crippen LogP contribution in [0.1, 0.15) is 12.8 Å². The molecule has 256 valence electrons. The lowest BCUT2D eigenvalue weighted by Crippen LogP contribution is -2.37. The predicted octanol–water partition coefficient (Wildman–Crippen LogP) is 2.44. The van der Waals surface area contributed by atoms with Crippen molar-refractivity contribution in [3.63, 3.8) is 0 Å². The molecule has 0 saturated carbocycles. The number of nitrogens with zero attached hydrogens (tertiary/aromatic N) is 2. The molecular formula is C28H25F9N4O6. The minimum atomic E-state index is -5.19. The molecule has 0 spiro atoms. The van der Waals surface area contributed by atoms with Crippen LogP contribution in [0.15, 0.2) is 73.1 Å². The Bertz CT molecular complexity index is 1530. The molecule has 0 atom stereocenters. The molecule has 2 aromatic carbocycles. The largest absolute Gasteiger partial charge is 0.542 e. The van der Waals surface area contributed by atoms with Gasteiger partial charge in [0.1, 0.15) is 25.0 Å². The molecule has 0 unspecified atom stereocenters. The van der Waals surface area contributed by atoms with E-state index < -0.39 is 36.4 Å². The maximum absolute atomic E-state index is 10.6. The van der Waals surface area contributed by atoms with Gasteiger partial charge in [0.05, 0.1) is 22.1 Å². The second-order valence-electron chi connectivity index (χ2n) is 9.04. The number of benzene rings is 2. The van der Waals surface area contributed by atoms with Crippen molar-refractivity contribution in [2.24, 2.45) is 0 Å². The second kappa shape index (κ2) is 16.8. The molecule has 4 rings (SSSR count). The van der Waals surface area contributed by atoms with E-state index in [4.69, 9.17) is 41.2 Å². The fourth-order valence-corrected chi connectivity index (χ4v) is 3.57. The quantitative estimate of drug-likeness (QED) is 0.163. The van der Waals surface area contributed by atoms with Crippen LogP contribution in [0.4, 0.5) is 50.9 Å². The number of para-hydroxylation sites is 2. The molecule has 19 heteroatoms. The molecule has 0 aliphatic heterocycles. The minimum absolute atomic E-state index is 0.834. The van der Waals surface area contributed by atoms with Crippen LogP contribution in [0.5, 0.6) is 0 Å². The number of aromatic nitrogens is 2. The van der Waals surface area contributed by atoms with Crippen LogP contribution >= 0.6 is 0 Å². The summed E-state index contributed by atoms with van der Waals surface area (Å²) in [5.41, 5.74) is 16.2. The zero-order valence-corrected chi connectivity index (χ0v) is 23.7. The van der Waals surface area contributed by atoms with E-state index in [0.717, 1.165) is 48.1 Å². The Morgan fingerprint density at radius 2 is 0.872 bits per heavy atom. The number of anilines is 2. The molecule has 0 aliphatic rings. The predicted molar refractivity (Wildman–Crippen MR) is 142 cm³/mol. The van der Waals surface area contributed by atoms with E-state index >= 15 is 0 Å². The maximum Gasteiger partial charge on any atom is 0.490 e. The molecule has 4 aromatic rings. The number of carboxylic acid groups (broad SMARTS) is 3. The van der Waals surface area contributed by atoms with Gasteiger partial charge in [0.15, 0.2) is 12.4 Å². The Labute approximate surface area is 258 Å². The normalized spacial score (nSPS) is 11.3. The molecule has 0 aliphatic carbocycles. The SMILES string of the molecule is Nc1cc[n+](CCCC[n+]2ccc(N)c3ccccc32)c2ccccc12.O=C(O)C(F)(F)F.O=C([O-])C(F)(F)F.O=C([O-])C(F)(F)F. The number of pyridine rings is 2. The van der Waals surface area contributed by atoms with Gasteiger partial charge in [0.2, 0.25) is 11.0 Å². The number of aliphatic carboxylic acids is 3. The number of aryl methyl sites for hydroxylation is 2. The summed E-state index contributed by atoms with van der Waals surface area (Å²) >= 11 is 0. The molecule has 0 amide bonds. The standard InChI is InChI=1S/C22H22N4.3C2HF3O2/c23-19-11-15-25(21-9-3-1-7-17(19)21)13-5-6-14-26-16-12-20(24)18-8-2-4-10-22(18)26;3*3-2(4,5)1(6)7/h1-4,7-12,15-16,23-24H,5-6,13-14H2;3*(H,6,7). The molecule has 2 aromatic heterocycles. The van der Waals surface area contributed by atoms with Crippen molar-refractivity contribution < 1.29 is 78.4 Å². The highest BCUT2D eigenvalue weighted by Gasteiger charge is 2.38. The lowest BCUT2D eigenvalue weighted by atomic mass is 10.1. The first-order chi connectivity index (χ1) is 21.6. The van der Waals surface area contributed by atoms with Crippen molar-refractivity contribution in [2.75, 3.05) is 11.5 Å². The van der Waals surface area contributed by atoms with Crippen LogP contribution in [0.2, 0.25) is 0 Å². The number of fused-ring (bicyclic) bond motifs is 2. The van der Waals surface area contributed by atoms with Crippen molar-refractivity contribution in [1.29, 1.82) is 0 Å². The number of carboxylic acids is 3. The van der Waals surface area contributed by atoms with Gasteiger partial charge in [-0.2, -0.15) is 48.6 Å². The number of hydrogen-bond acceptors (Lipinski definition) is 7. The number of alkyl halides is 9. The molecule has 0 fully saturated rings. The van der Waals surface area contributed by atoms with E-state index in [9.17, 15) is 39.5 Å². The fraction of sp³-hybridized carbons (Fsp3) is 0.250. The summed E-state index contributed by atoms with van der Waals surface area (Å²) in [6, 6.07) is 20.6. The van der Waals surface area contributed by atoms with Gasteiger partial charge in [0, 0.05) is 37.1 Å². The van der Waals surface area contributed by atoms with E-state index in [1.54, 1.807) is 0 Å². The number of nitrogens with two attached hydrogens (primary N) is 2. The molecular weight excluding hydrogens is 659 g/mol. The fourth-order valence-electron chi connectivity index (χ4n) is 3.57. The van der Waals surface area contributed by atoms with Crippen LogP contribution < -0.4 is 30.8 Å². The summed E-state index contributed by atoms with van der Waals surface area (Å²) in [6.07, 6.45) is -9.10. The average Bonchev–Trinajstić information content (AvgIpc) is 2.97. The first-order valence-corrected chi connectivity index (χ1v) is 12.8. The third kappa shape index (κ3) is 13.3. The van der Waals surface area contributed by atoms with Crippen molar-refractivity contribution >= 4 is 51.1 Å². The highest BCUT2D eigenvalue weighted by molar-refractivity contribution is 5.88. The Morgan fingerprint density at radius 1 is 0.596 bits per heavy atom. The maximum atomic E-state index is 10.6. The lowest BCUT2D eigenvalue weighted by Gasteiger charge is -2.05. The number of carbonyl (C=O) groups is 3. The molecule has 2 heterocycles. The first kappa shape index (κ1) is 39.7. The highest BCUT2D eigenvalue weighted by Crippen LogP contribution is 2.18. The summed E-state index contributed by atoms with van der Waals surface area (Å²) in [5.74, 6) is -8.77. The Morgan fingerprint density at radius 3 is 1.13 bits per heavy atom. The topological polar surface area (TPSA) is 177 Å². The van der Waals surface area contributed by atoms with E-state index in [-0.39, 0.29) is 0 Å². The third-order valence-electron chi connectivity index (χ3n) is 5.67. The number of nitrogen functional groups attached to an aromatic ring is 2. The van der Waals surface area contributed by atoms with Crippen molar-refractivity contribution in [2.45, 2.75) is 44.5 Å².